The molecule has 0 saturated carbocycles. The van der Waals surface area contributed by atoms with Gasteiger partial charge in [-0.1, -0.05) is 24.3 Å². The highest BCUT2D eigenvalue weighted by Crippen LogP contribution is 2.16. The number of nitrogens with zero attached hydrogens (tertiary/aromatic N) is 1. The first-order chi connectivity index (χ1) is 9.83. The van der Waals surface area contributed by atoms with Gasteiger partial charge in [0.1, 0.15) is 0 Å². The summed E-state index contributed by atoms with van der Waals surface area (Å²) in [6, 6.07) is 10.2. The minimum absolute atomic E-state index is 0. The number of hydrogen-bond acceptors (Lipinski definition) is 3. The average molecular weight is 342 g/mol. The Hall–Kier alpha value is -1.36. The summed E-state index contributed by atoms with van der Waals surface area (Å²) >= 11 is 0. The highest BCUT2D eigenvalue weighted by Gasteiger charge is 2.16. The van der Waals surface area contributed by atoms with E-state index in [-0.39, 0.29) is 36.8 Å². The van der Waals surface area contributed by atoms with E-state index in [9.17, 15) is 4.79 Å². The van der Waals surface area contributed by atoms with Crippen LogP contribution in [0.2, 0.25) is 0 Å². The molecule has 0 unspecified atom stereocenters. The van der Waals surface area contributed by atoms with Crippen molar-refractivity contribution in [2.75, 3.05) is 13.1 Å². The zero-order valence-electron chi connectivity index (χ0n) is 12.2. The van der Waals surface area contributed by atoms with Gasteiger partial charge in [-0.3, -0.25) is 9.78 Å². The van der Waals surface area contributed by atoms with Crippen molar-refractivity contribution in [2.45, 2.75) is 25.3 Å². The molecular weight excluding hydrogens is 321 g/mol. The second-order valence-electron chi connectivity index (χ2n) is 5.28. The molecule has 0 radical (unpaired) electrons. The van der Waals surface area contributed by atoms with Gasteiger partial charge in [0.25, 0.3) is 0 Å². The normalized spacial score (nSPS) is 17.2. The standard InChI is InChI=1S/C16H19N3O.2ClH/c20-15(19-14-7-3-8-17-11-14)10-13-5-1-4-12-6-2-9-18-16(12)13;;/h1-2,4-6,9,14,17H,3,7-8,10-11H2,(H,19,20);2*1H/t14-;;/m0../s1. The van der Waals surface area contributed by atoms with Gasteiger partial charge < -0.3 is 10.6 Å². The number of benzene rings is 1. The van der Waals surface area contributed by atoms with Crippen LogP contribution < -0.4 is 10.6 Å². The van der Waals surface area contributed by atoms with Crippen LogP contribution >= 0.6 is 24.8 Å². The zero-order chi connectivity index (χ0) is 13.8. The molecule has 1 amide bonds. The first-order valence-electron chi connectivity index (χ1n) is 7.15. The van der Waals surface area contributed by atoms with Crippen LogP contribution in [0.3, 0.4) is 0 Å². The van der Waals surface area contributed by atoms with E-state index in [4.69, 9.17) is 0 Å². The molecular formula is C16H21Cl2N3O. The third-order valence-corrected chi connectivity index (χ3v) is 3.73. The molecule has 2 N–H and O–H groups in total. The molecule has 1 aromatic carbocycles. The molecule has 2 heterocycles. The molecule has 1 aliphatic heterocycles. The molecule has 1 aliphatic rings. The van der Waals surface area contributed by atoms with Crippen LogP contribution in [-0.4, -0.2) is 30.0 Å². The first-order valence-corrected chi connectivity index (χ1v) is 7.15. The molecule has 0 bridgehead atoms. The number of carbonyl (C=O) groups excluding carboxylic acids is 1. The summed E-state index contributed by atoms with van der Waals surface area (Å²) in [6.07, 6.45) is 4.35. The molecule has 4 nitrogen and oxygen atoms in total. The number of halogens is 2. The van der Waals surface area contributed by atoms with Crippen LogP contribution in [0.4, 0.5) is 0 Å². The van der Waals surface area contributed by atoms with Crippen molar-refractivity contribution in [3.05, 3.63) is 42.1 Å². The number of aromatic nitrogens is 1. The fraction of sp³-hybridized carbons (Fsp3) is 0.375. The summed E-state index contributed by atoms with van der Waals surface area (Å²) in [5.41, 5.74) is 1.91. The highest BCUT2D eigenvalue weighted by molar-refractivity contribution is 5.87. The predicted octanol–water partition coefficient (Wildman–Crippen LogP) is 2.49. The van der Waals surface area contributed by atoms with Gasteiger partial charge in [0.2, 0.25) is 5.91 Å². The van der Waals surface area contributed by atoms with Crippen LogP contribution in [0.1, 0.15) is 18.4 Å². The third kappa shape index (κ3) is 4.57. The number of carbonyl (C=O) groups is 1. The quantitative estimate of drug-likeness (QED) is 0.901. The summed E-state index contributed by atoms with van der Waals surface area (Å²) in [6.45, 7) is 1.93. The Bertz CT molecular complexity index is 610. The second kappa shape index (κ2) is 8.93. The first kappa shape index (κ1) is 18.7. The van der Waals surface area contributed by atoms with E-state index < -0.39 is 0 Å². The van der Waals surface area contributed by atoms with Gasteiger partial charge in [-0.2, -0.15) is 0 Å². The Kier molecular flexibility index (Phi) is 7.59. The summed E-state index contributed by atoms with van der Waals surface area (Å²) < 4.78 is 0. The molecule has 6 heteroatoms. The minimum atomic E-state index is 0. The summed E-state index contributed by atoms with van der Waals surface area (Å²) in [7, 11) is 0. The maximum Gasteiger partial charge on any atom is 0.224 e. The molecule has 22 heavy (non-hydrogen) atoms. The summed E-state index contributed by atoms with van der Waals surface area (Å²) in [5.74, 6) is 0.0804. The van der Waals surface area contributed by atoms with Gasteiger partial charge in [-0.05, 0) is 31.0 Å². The molecule has 0 spiro atoms. The number of pyridine rings is 1. The lowest BCUT2D eigenvalue weighted by molar-refractivity contribution is -0.121. The Morgan fingerprint density at radius 1 is 1.27 bits per heavy atom. The van der Waals surface area contributed by atoms with Crippen molar-refractivity contribution in [1.82, 2.24) is 15.6 Å². The summed E-state index contributed by atoms with van der Waals surface area (Å²) in [4.78, 5) is 16.5. The highest BCUT2D eigenvalue weighted by atomic mass is 35.5. The maximum atomic E-state index is 12.2. The molecule has 2 aromatic rings. The van der Waals surface area contributed by atoms with Crippen LogP contribution in [0.5, 0.6) is 0 Å². The SMILES string of the molecule is Cl.Cl.O=C(Cc1cccc2cccnc12)N[C@H]1CCCNC1. The zero-order valence-corrected chi connectivity index (χ0v) is 13.9. The molecule has 3 rings (SSSR count). The van der Waals surface area contributed by atoms with Crippen molar-refractivity contribution < 1.29 is 4.79 Å². The molecule has 1 fully saturated rings. The fourth-order valence-corrected chi connectivity index (χ4v) is 2.74. The smallest absolute Gasteiger partial charge is 0.224 e. The van der Waals surface area contributed by atoms with Crippen molar-refractivity contribution in [2.24, 2.45) is 0 Å². The lowest BCUT2D eigenvalue weighted by Gasteiger charge is -2.23. The number of nitrogens with one attached hydrogen (secondary N) is 2. The van der Waals surface area contributed by atoms with E-state index in [1.807, 2.05) is 30.3 Å². The molecule has 120 valence electrons. The lowest BCUT2D eigenvalue weighted by atomic mass is 10.0. The number of fused-ring (bicyclic) bond motifs is 1. The van der Waals surface area contributed by atoms with Crippen LogP contribution in [0.15, 0.2) is 36.5 Å². The monoisotopic (exact) mass is 341 g/mol. The molecule has 0 aliphatic carbocycles. The lowest BCUT2D eigenvalue weighted by Crippen LogP contribution is -2.46. The number of hydrogen-bond donors (Lipinski definition) is 2. The third-order valence-electron chi connectivity index (χ3n) is 3.73. The summed E-state index contributed by atoms with van der Waals surface area (Å²) in [5, 5.41) is 7.49. The average Bonchev–Trinajstić information content (AvgIpc) is 2.48. The number of para-hydroxylation sites is 1. The molecule has 1 atom stereocenters. The van der Waals surface area contributed by atoms with E-state index in [0.717, 1.165) is 42.4 Å². The van der Waals surface area contributed by atoms with Gasteiger partial charge in [-0.25, -0.2) is 0 Å². The van der Waals surface area contributed by atoms with E-state index in [1.54, 1.807) is 6.20 Å². The van der Waals surface area contributed by atoms with E-state index >= 15 is 0 Å². The molecule has 1 saturated heterocycles. The minimum Gasteiger partial charge on any atom is -0.352 e. The van der Waals surface area contributed by atoms with Crippen LogP contribution in [-0.2, 0) is 11.2 Å². The fourth-order valence-electron chi connectivity index (χ4n) is 2.74. The van der Waals surface area contributed by atoms with Crippen molar-refractivity contribution in [1.29, 1.82) is 0 Å². The Labute approximate surface area is 142 Å². The van der Waals surface area contributed by atoms with Gasteiger partial charge in [0, 0.05) is 24.2 Å². The number of amides is 1. The van der Waals surface area contributed by atoms with E-state index in [1.165, 1.54) is 0 Å². The Morgan fingerprint density at radius 2 is 2.09 bits per heavy atom. The molecule has 1 aromatic heterocycles. The Balaban J connectivity index is 0.00000121. The van der Waals surface area contributed by atoms with Gasteiger partial charge in [-0.15, -0.1) is 24.8 Å². The Morgan fingerprint density at radius 3 is 2.86 bits per heavy atom. The van der Waals surface area contributed by atoms with Crippen LogP contribution in [0.25, 0.3) is 10.9 Å². The largest absolute Gasteiger partial charge is 0.352 e. The maximum absolute atomic E-state index is 12.2. The van der Waals surface area contributed by atoms with E-state index in [2.05, 4.69) is 15.6 Å². The van der Waals surface area contributed by atoms with Crippen molar-refractivity contribution in [3.8, 4) is 0 Å². The van der Waals surface area contributed by atoms with Crippen LogP contribution in [0, 0.1) is 0 Å². The number of rotatable bonds is 3. The second-order valence-corrected chi connectivity index (χ2v) is 5.28. The van der Waals surface area contributed by atoms with Gasteiger partial charge in [0.15, 0.2) is 0 Å². The van der Waals surface area contributed by atoms with Crippen molar-refractivity contribution in [3.63, 3.8) is 0 Å². The van der Waals surface area contributed by atoms with Crippen molar-refractivity contribution >= 4 is 41.6 Å². The van der Waals surface area contributed by atoms with Gasteiger partial charge >= 0.3 is 0 Å². The number of piperidine rings is 1. The van der Waals surface area contributed by atoms with E-state index in [0.29, 0.717) is 6.42 Å². The predicted molar refractivity (Wildman–Crippen MR) is 94.0 cm³/mol. The topological polar surface area (TPSA) is 54.0 Å². The van der Waals surface area contributed by atoms with Gasteiger partial charge in [0.05, 0.1) is 11.9 Å².